The molecule has 114 valence electrons. The number of rotatable bonds is 2. The highest BCUT2D eigenvalue weighted by atomic mass is 32.2. The Morgan fingerprint density at radius 1 is 1.00 bits per heavy atom. The Hall–Kier alpha value is -2.26. The van der Waals surface area contributed by atoms with E-state index in [0.717, 1.165) is 23.6 Å². The van der Waals surface area contributed by atoms with Gasteiger partial charge in [-0.1, -0.05) is 42.0 Å². The predicted molar refractivity (Wildman–Crippen MR) is 95.7 cm³/mol. The van der Waals surface area contributed by atoms with Crippen LogP contribution in [0.3, 0.4) is 0 Å². The lowest BCUT2D eigenvalue weighted by Crippen LogP contribution is -2.04. The third-order valence-corrected chi connectivity index (χ3v) is 5.35. The van der Waals surface area contributed by atoms with E-state index in [1.54, 1.807) is 6.26 Å². The summed E-state index contributed by atoms with van der Waals surface area (Å²) in [6, 6.07) is 21.0. The van der Waals surface area contributed by atoms with E-state index in [1.807, 2.05) is 30.0 Å². The van der Waals surface area contributed by atoms with Crippen molar-refractivity contribution < 1.29 is 4.42 Å². The van der Waals surface area contributed by atoms with E-state index in [2.05, 4.69) is 49.4 Å². The van der Waals surface area contributed by atoms with Gasteiger partial charge in [0.1, 0.15) is 5.76 Å². The zero-order valence-electron chi connectivity index (χ0n) is 12.9. The monoisotopic (exact) mass is 319 g/mol. The van der Waals surface area contributed by atoms with Gasteiger partial charge in [0.05, 0.1) is 17.7 Å². The molecule has 0 unspecified atom stereocenters. The van der Waals surface area contributed by atoms with Crippen molar-refractivity contribution in [3.8, 4) is 0 Å². The first kappa shape index (κ1) is 14.3. The van der Waals surface area contributed by atoms with Crippen LogP contribution < -0.4 is 0 Å². The quantitative estimate of drug-likeness (QED) is 0.583. The molecule has 1 atom stereocenters. The largest absolute Gasteiger partial charge is 0.463 e. The molecule has 0 N–H and O–H groups in total. The molecule has 0 aliphatic carbocycles. The first-order valence-corrected chi connectivity index (χ1v) is 8.61. The summed E-state index contributed by atoms with van der Waals surface area (Å²) < 4.78 is 5.61. The normalized spacial score (nSPS) is 17.3. The molecule has 0 radical (unpaired) electrons. The Bertz CT molecular complexity index is 834. The van der Waals surface area contributed by atoms with Crippen LogP contribution in [0.4, 0.5) is 5.69 Å². The van der Waals surface area contributed by atoms with Crippen molar-refractivity contribution in [1.29, 1.82) is 0 Å². The summed E-state index contributed by atoms with van der Waals surface area (Å²) in [6.07, 6.45) is 2.57. The molecular weight excluding hydrogens is 302 g/mol. The lowest BCUT2D eigenvalue weighted by atomic mass is 10.0. The van der Waals surface area contributed by atoms with Gasteiger partial charge < -0.3 is 4.42 Å². The fraction of sp³-hybridized carbons (Fsp3) is 0.150. The maximum atomic E-state index is 5.61. The van der Waals surface area contributed by atoms with Crippen molar-refractivity contribution in [3.05, 3.63) is 83.8 Å². The second kappa shape index (κ2) is 6.09. The van der Waals surface area contributed by atoms with Crippen LogP contribution in [-0.4, -0.2) is 5.71 Å². The van der Waals surface area contributed by atoms with Gasteiger partial charge in [0.25, 0.3) is 0 Å². The molecule has 0 spiro atoms. The molecule has 0 amide bonds. The molecule has 1 aliphatic rings. The zero-order chi connectivity index (χ0) is 15.6. The van der Waals surface area contributed by atoms with Gasteiger partial charge in [-0.15, -0.1) is 11.8 Å². The van der Waals surface area contributed by atoms with Gasteiger partial charge in [-0.3, -0.25) is 0 Å². The molecule has 3 heteroatoms. The van der Waals surface area contributed by atoms with E-state index in [9.17, 15) is 0 Å². The average Bonchev–Trinajstić information content (AvgIpc) is 3.03. The Morgan fingerprint density at radius 2 is 1.83 bits per heavy atom. The number of furan rings is 1. The Labute approximate surface area is 140 Å². The number of aryl methyl sites for hydroxylation is 1. The van der Waals surface area contributed by atoms with Gasteiger partial charge in [0.2, 0.25) is 0 Å². The summed E-state index contributed by atoms with van der Waals surface area (Å²) in [5, 5.41) is 0.336. The van der Waals surface area contributed by atoms with E-state index in [4.69, 9.17) is 9.41 Å². The molecular formula is C20H17NOS. The Balaban J connectivity index is 1.78. The molecule has 1 aliphatic heterocycles. The van der Waals surface area contributed by atoms with Gasteiger partial charge in [-0.25, -0.2) is 4.99 Å². The van der Waals surface area contributed by atoms with E-state index in [0.29, 0.717) is 5.25 Å². The molecule has 1 aromatic heterocycles. The minimum Gasteiger partial charge on any atom is -0.463 e. The number of nitrogens with zero attached hydrogens (tertiary/aromatic N) is 1. The number of para-hydroxylation sites is 1. The smallest absolute Gasteiger partial charge is 0.148 e. The average molecular weight is 319 g/mol. The Morgan fingerprint density at radius 3 is 2.61 bits per heavy atom. The molecule has 3 aromatic rings. The number of thioether (sulfide) groups is 1. The van der Waals surface area contributed by atoms with Crippen LogP contribution in [0.2, 0.25) is 0 Å². The fourth-order valence-electron chi connectivity index (χ4n) is 2.78. The van der Waals surface area contributed by atoms with E-state index < -0.39 is 0 Å². The number of fused-ring (bicyclic) bond motifs is 1. The van der Waals surface area contributed by atoms with Gasteiger partial charge >= 0.3 is 0 Å². The van der Waals surface area contributed by atoms with E-state index in [1.165, 1.54) is 16.0 Å². The molecule has 2 aromatic carbocycles. The molecule has 23 heavy (non-hydrogen) atoms. The summed E-state index contributed by atoms with van der Waals surface area (Å²) >= 11 is 1.88. The van der Waals surface area contributed by atoms with Gasteiger partial charge in [-0.2, -0.15) is 0 Å². The molecule has 0 bridgehead atoms. The molecule has 0 fully saturated rings. The second-order valence-electron chi connectivity index (χ2n) is 5.72. The summed E-state index contributed by atoms with van der Waals surface area (Å²) in [7, 11) is 0. The van der Waals surface area contributed by atoms with Crippen LogP contribution in [0.15, 0.2) is 81.2 Å². The van der Waals surface area contributed by atoms with Crippen molar-refractivity contribution in [1.82, 2.24) is 0 Å². The SMILES string of the molecule is Cc1ccc([C@@H]2CC(c3ccco3)=Nc3ccccc3S2)cc1. The van der Waals surface area contributed by atoms with Crippen molar-refractivity contribution in [2.45, 2.75) is 23.5 Å². The number of hydrogen-bond acceptors (Lipinski definition) is 3. The molecule has 2 nitrogen and oxygen atoms in total. The Kier molecular flexibility index (Phi) is 3.80. The predicted octanol–water partition coefficient (Wildman–Crippen LogP) is 5.95. The standard InChI is InChI=1S/C20H17NOS/c1-14-8-10-15(11-9-14)20-13-17(18-6-4-12-22-18)21-16-5-2-3-7-19(16)23-20/h2-12,20H,13H2,1H3/t20-/m0/s1. The van der Waals surface area contributed by atoms with Crippen molar-refractivity contribution in [2.24, 2.45) is 4.99 Å². The molecule has 4 rings (SSSR count). The van der Waals surface area contributed by atoms with E-state index >= 15 is 0 Å². The lowest BCUT2D eigenvalue weighted by Gasteiger charge is -2.15. The van der Waals surface area contributed by atoms with Gasteiger partial charge in [0.15, 0.2) is 0 Å². The van der Waals surface area contributed by atoms with Crippen LogP contribution in [-0.2, 0) is 0 Å². The summed E-state index contributed by atoms with van der Waals surface area (Å²) in [5.74, 6) is 0.861. The van der Waals surface area contributed by atoms with E-state index in [-0.39, 0.29) is 0 Å². The van der Waals surface area contributed by atoms with Gasteiger partial charge in [0, 0.05) is 16.6 Å². The van der Waals surface area contributed by atoms with Crippen LogP contribution in [0.5, 0.6) is 0 Å². The number of hydrogen-bond donors (Lipinski definition) is 0. The lowest BCUT2D eigenvalue weighted by molar-refractivity contribution is 0.555. The third-order valence-electron chi connectivity index (χ3n) is 4.02. The van der Waals surface area contributed by atoms with Crippen molar-refractivity contribution in [2.75, 3.05) is 0 Å². The maximum Gasteiger partial charge on any atom is 0.148 e. The third kappa shape index (κ3) is 2.97. The van der Waals surface area contributed by atoms with Crippen LogP contribution in [0, 0.1) is 6.92 Å². The molecule has 0 saturated carbocycles. The van der Waals surface area contributed by atoms with Crippen molar-refractivity contribution >= 4 is 23.2 Å². The minimum atomic E-state index is 0.336. The highest BCUT2D eigenvalue weighted by molar-refractivity contribution is 7.99. The number of benzene rings is 2. The molecule has 2 heterocycles. The van der Waals surface area contributed by atoms with Gasteiger partial charge in [-0.05, 0) is 36.8 Å². The molecule has 0 saturated heterocycles. The zero-order valence-corrected chi connectivity index (χ0v) is 13.7. The minimum absolute atomic E-state index is 0.336. The second-order valence-corrected chi connectivity index (χ2v) is 6.97. The van der Waals surface area contributed by atoms with Crippen LogP contribution in [0.25, 0.3) is 0 Å². The number of aliphatic imine (C=N–C) groups is 1. The van der Waals surface area contributed by atoms with Crippen LogP contribution in [0.1, 0.15) is 28.6 Å². The first-order valence-electron chi connectivity index (χ1n) is 7.73. The fourth-order valence-corrected chi connectivity index (χ4v) is 4.01. The summed E-state index contributed by atoms with van der Waals surface area (Å²) in [4.78, 5) is 6.10. The van der Waals surface area contributed by atoms with Crippen molar-refractivity contribution in [3.63, 3.8) is 0 Å². The topological polar surface area (TPSA) is 25.5 Å². The van der Waals surface area contributed by atoms with Crippen LogP contribution >= 0.6 is 11.8 Å². The maximum absolute atomic E-state index is 5.61. The summed E-state index contributed by atoms with van der Waals surface area (Å²) in [6.45, 7) is 2.12. The highest BCUT2D eigenvalue weighted by Gasteiger charge is 2.23. The highest BCUT2D eigenvalue weighted by Crippen LogP contribution is 2.45. The first-order chi connectivity index (χ1) is 11.3. The summed E-state index contributed by atoms with van der Waals surface area (Å²) in [5.41, 5.74) is 4.65.